The van der Waals surface area contributed by atoms with E-state index in [0.29, 0.717) is 23.2 Å². The summed E-state index contributed by atoms with van der Waals surface area (Å²) in [5.41, 5.74) is 8.05. The zero-order valence-electron chi connectivity index (χ0n) is 19.7. The van der Waals surface area contributed by atoms with Crippen LogP contribution in [0.1, 0.15) is 48.5 Å². The first-order chi connectivity index (χ1) is 16.4. The van der Waals surface area contributed by atoms with E-state index in [1.54, 1.807) is 16.8 Å². The molecule has 1 atom stereocenters. The van der Waals surface area contributed by atoms with Crippen LogP contribution in [0.5, 0.6) is 0 Å². The number of carbonyl (C=O) groups is 1. The summed E-state index contributed by atoms with van der Waals surface area (Å²) in [6.07, 6.45) is 6.79. The maximum atomic E-state index is 12.9. The van der Waals surface area contributed by atoms with Gasteiger partial charge in [-0.05, 0) is 63.7 Å². The SMILES string of the molecule is CN(C)[C@H]1CCN(C(=O)c2ccc(Nc3ncc4cc(N)c(=O)n(C5CCCC5)c4n3)cc2)C1. The normalized spacial score (nSPS) is 18.8. The lowest BCUT2D eigenvalue weighted by Crippen LogP contribution is -2.34. The molecule has 1 aromatic carbocycles. The van der Waals surface area contributed by atoms with Crippen molar-refractivity contribution in [2.24, 2.45) is 0 Å². The van der Waals surface area contributed by atoms with Crippen LogP contribution >= 0.6 is 0 Å². The number of pyridine rings is 1. The number of nitrogen functional groups attached to an aromatic ring is 1. The summed E-state index contributed by atoms with van der Waals surface area (Å²) < 4.78 is 1.74. The van der Waals surface area contributed by atoms with E-state index in [1.165, 1.54) is 0 Å². The third-order valence-electron chi connectivity index (χ3n) is 7.06. The lowest BCUT2D eigenvalue weighted by molar-refractivity contribution is 0.0783. The number of carbonyl (C=O) groups excluding carboxylic acids is 1. The molecule has 0 spiro atoms. The fraction of sp³-hybridized carbons (Fsp3) is 0.440. The van der Waals surface area contributed by atoms with Gasteiger partial charge in [-0.1, -0.05) is 12.8 Å². The lowest BCUT2D eigenvalue weighted by Gasteiger charge is -2.20. The molecule has 9 nitrogen and oxygen atoms in total. The van der Waals surface area contributed by atoms with Gasteiger partial charge in [0.2, 0.25) is 5.95 Å². The van der Waals surface area contributed by atoms with Crippen LogP contribution in [0.25, 0.3) is 11.0 Å². The number of nitrogens with one attached hydrogen (secondary N) is 1. The van der Waals surface area contributed by atoms with Gasteiger partial charge in [0.05, 0.1) is 5.69 Å². The molecule has 9 heteroatoms. The third kappa shape index (κ3) is 4.23. The van der Waals surface area contributed by atoms with Crippen molar-refractivity contribution in [3.8, 4) is 0 Å². The summed E-state index contributed by atoms with van der Waals surface area (Å²) in [4.78, 5) is 38.9. The Labute approximate surface area is 198 Å². The summed E-state index contributed by atoms with van der Waals surface area (Å²) >= 11 is 0. The number of rotatable bonds is 5. The second-order valence-corrected chi connectivity index (χ2v) is 9.55. The number of hydrogen-bond donors (Lipinski definition) is 2. The van der Waals surface area contributed by atoms with Gasteiger partial charge in [-0.15, -0.1) is 0 Å². The first-order valence-corrected chi connectivity index (χ1v) is 11.9. The number of aromatic nitrogens is 3. The molecule has 5 rings (SSSR count). The minimum absolute atomic E-state index is 0.0519. The summed E-state index contributed by atoms with van der Waals surface area (Å²) in [6.45, 7) is 1.53. The molecular weight excluding hydrogens is 430 g/mol. The van der Waals surface area contributed by atoms with E-state index in [2.05, 4.69) is 34.3 Å². The van der Waals surface area contributed by atoms with Crippen LogP contribution in [0.4, 0.5) is 17.3 Å². The van der Waals surface area contributed by atoms with Crippen LogP contribution in [0.2, 0.25) is 0 Å². The van der Waals surface area contributed by atoms with Gasteiger partial charge in [0, 0.05) is 48.0 Å². The number of benzene rings is 1. The largest absolute Gasteiger partial charge is 0.394 e. The Kier molecular flexibility index (Phi) is 5.95. The standard InChI is InChI=1S/C25H31N7O2/c1-30(2)20-11-12-31(15-20)23(33)16-7-9-18(10-8-16)28-25-27-14-17-13-21(26)24(34)32(22(17)29-25)19-5-3-4-6-19/h7-10,13-14,19-20H,3-6,11-12,15,26H2,1-2H3,(H,27,28,29)/t20-/m0/s1. The smallest absolute Gasteiger partial charge is 0.275 e. The first kappa shape index (κ1) is 22.3. The van der Waals surface area contributed by atoms with Crippen LogP contribution < -0.4 is 16.6 Å². The van der Waals surface area contributed by atoms with Gasteiger partial charge in [0.15, 0.2) is 0 Å². The maximum absolute atomic E-state index is 12.9. The molecule has 1 saturated carbocycles. The van der Waals surface area contributed by atoms with E-state index in [9.17, 15) is 9.59 Å². The van der Waals surface area contributed by atoms with Crippen molar-refractivity contribution >= 4 is 34.3 Å². The molecule has 1 aliphatic carbocycles. The molecule has 0 unspecified atom stereocenters. The van der Waals surface area contributed by atoms with Crippen molar-refractivity contribution in [2.45, 2.75) is 44.2 Å². The summed E-state index contributed by atoms with van der Waals surface area (Å²) in [7, 11) is 4.10. The van der Waals surface area contributed by atoms with E-state index in [1.807, 2.05) is 29.2 Å². The third-order valence-corrected chi connectivity index (χ3v) is 7.06. The van der Waals surface area contributed by atoms with Crippen LogP contribution in [0.3, 0.4) is 0 Å². The van der Waals surface area contributed by atoms with Crippen molar-refractivity contribution < 1.29 is 4.79 Å². The zero-order chi connectivity index (χ0) is 23.8. The van der Waals surface area contributed by atoms with E-state index in [0.717, 1.165) is 56.3 Å². The maximum Gasteiger partial charge on any atom is 0.275 e. The van der Waals surface area contributed by atoms with Gasteiger partial charge in [-0.3, -0.25) is 14.2 Å². The van der Waals surface area contributed by atoms with Crippen LogP contribution in [-0.2, 0) is 0 Å². The highest BCUT2D eigenvalue weighted by Crippen LogP contribution is 2.31. The summed E-state index contributed by atoms with van der Waals surface area (Å²) in [6, 6.07) is 9.53. The number of likely N-dealkylation sites (N-methyl/N-ethyl adjacent to an activating group) is 1. The first-order valence-electron chi connectivity index (χ1n) is 11.9. The number of fused-ring (bicyclic) bond motifs is 1. The molecular formula is C25H31N7O2. The molecule has 3 N–H and O–H groups in total. The lowest BCUT2D eigenvalue weighted by atomic mass is 10.2. The average molecular weight is 462 g/mol. The zero-order valence-corrected chi connectivity index (χ0v) is 19.7. The van der Waals surface area contributed by atoms with Crippen molar-refractivity contribution in [3.05, 3.63) is 52.4 Å². The number of nitrogens with two attached hydrogens (primary N) is 1. The van der Waals surface area contributed by atoms with E-state index in [-0.39, 0.29) is 23.2 Å². The van der Waals surface area contributed by atoms with Crippen LogP contribution in [0, 0.1) is 0 Å². The summed E-state index contributed by atoms with van der Waals surface area (Å²) in [5, 5.41) is 3.95. The number of anilines is 3. The number of hydrogen-bond acceptors (Lipinski definition) is 7. The van der Waals surface area contributed by atoms with Gasteiger partial charge in [0.25, 0.3) is 11.5 Å². The fourth-order valence-corrected chi connectivity index (χ4v) is 5.06. The van der Waals surface area contributed by atoms with Crippen molar-refractivity contribution in [1.82, 2.24) is 24.3 Å². The molecule has 1 amide bonds. The molecule has 3 heterocycles. The Bertz CT molecular complexity index is 1260. The second-order valence-electron chi connectivity index (χ2n) is 9.55. The van der Waals surface area contributed by atoms with Gasteiger partial charge >= 0.3 is 0 Å². The Morgan fingerprint density at radius 1 is 1.15 bits per heavy atom. The molecule has 34 heavy (non-hydrogen) atoms. The quantitative estimate of drug-likeness (QED) is 0.601. The number of nitrogens with zero attached hydrogens (tertiary/aromatic N) is 5. The van der Waals surface area contributed by atoms with Crippen molar-refractivity contribution in [2.75, 3.05) is 38.2 Å². The fourth-order valence-electron chi connectivity index (χ4n) is 5.06. The van der Waals surface area contributed by atoms with Crippen molar-refractivity contribution in [1.29, 1.82) is 0 Å². The molecule has 0 bridgehead atoms. The van der Waals surface area contributed by atoms with Gasteiger partial charge in [-0.25, -0.2) is 4.98 Å². The Morgan fingerprint density at radius 2 is 1.88 bits per heavy atom. The van der Waals surface area contributed by atoms with Crippen molar-refractivity contribution in [3.63, 3.8) is 0 Å². The second kappa shape index (κ2) is 9.06. The molecule has 1 aliphatic heterocycles. The van der Waals surface area contributed by atoms with Crippen LogP contribution in [-0.4, -0.2) is 63.5 Å². The molecule has 2 aliphatic rings. The Balaban J connectivity index is 1.36. The number of likely N-dealkylation sites (tertiary alicyclic amines) is 1. The highest BCUT2D eigenvalue weighted by molar-refractivity contribution is 5.94. The predicted molar refractivity (Wildman–Crippen MR) is 133 cm³/mol. The monoisotopic (exact) mass is 461 g/mol. The van der Waals surface area contributed by atoms with E-state index < -0.39 is 0 Å². The number of amides is 1. The van der Waals surface area contributed by atoms with Gasteiger partial charge in [-0.2, -0.15) is 4.98 Å². The molecule has 0 radical (unpaired) electrons. The highest BCUT2D eigenvalue weighted by atomic mass is 16.2. The highest BCUT2D eigenvalue weighted by Gasteiger charge is 2.28. The molecule has 2 aromatic heterocycles. The molecule has 1 saturated heterocycles. The average Bonchev–Trinajstić information content (AvgIpc) is 3.53. The topological polar surface area (TPSA) is 109 Å². The molecule has 3 aromatic rings. The Morgan fingerprint density at radius 3 is 2.56 bits per heavy atom. The summed E-state index contributed by atoms with van der Waals surface area (Å²) in [5.74, 6) is 0.451. The van der Waals surface area contributed by atoms with E-state index >= 15 is 0 Å². The van der Waals surface area contributed by atoms with Gasteiger partial charge in [0.1, 0.15) is 5.65 Å². The van der Waals surface area contributed by atoms with Crippen LogP contribution in [0.15, 0.2) is 41.3 Å². The molecule has 2 fully saturated rings. The minimum Gasteiger partial charge on any atom is -0.394 e. The minimum atomic E-state index is -0.190. The molecule has 178 valence electrons. The van der Waals surface area contributed by atoms with Gasteiger partial charge < -0.3 is 20.9 Å². The van der Waals surface area contributed by atoms with E-state index in [4.69, 9.17) is 5.73 Å². The Hall–Kier alpha value is -3.46. The predicted octanol–water partition coefficient (Wildman–Crippen LogP) is 3.01.